The number of sulfonamides is 1. The van der Waals surface area contributed by atoms with Gasteiger partial charge in [-0.05, 0) is 61.7 Å². The highest BCUT2D eigenvalue weighted by atomic mass is 35.5. The van der Waals surface area contributed by atoms with Crippen molar-refractivity contribution in [1.82, 2.24) is 10.2 Å². The third-order valence-electron chi connectivity index (χ3n) is 6.08. The van der Waals surface area contributed by atoms with Crippen LogP contribution in [0.15, 0.2) is 77.7 Å². The molecule has 1 unspecified atom stereocenters. The van der Waals surface area contributed by atoms with Gasteiger partial charge in [0.2, 0.25) is 11.8 Å². The van der Waals surface area contributed by atoms with Crippen molar-refractivity contribution in [3.63, 3.8) is 0 Å². The zero-order valence-corrected chi connectivity index (χ0v) is 23.9. The van der Waals surface area contributed by atoms with Gasteiger partial charge >= 0.3 is 0 Å². The first-order valence-corrected chi connectivity index (χ1v) is 14.4. The zero-order chi connectivity index (χ0) is 27.9. The van der Waals surface area contributed by atoms with Crippen LogP contribution < -0.4 is 9.62 Å². The Kier molecular flexibility index (Phi) is 10.2. The molecule has 0 aromatic heterocycles. The molecule has 0 heterocycles. The first kappa shape index (κ1) is 29.5. The summed E-state index contributed by atoms with van der Waals surface area (Å²) in [5, 5.41) is 3.23. The second kappa shape index (κ2) is 13.1. The van der Waals surface area contributed by atoms with Crippen LogP contribution in [0.5, 0.6) is 0 Å². The molecule has 0 saturated heterocycles. The van der Waals surface area contributed by atoms with Crippen LogP contribution in [0.3, 0.4) is 0 Å². The highest BCUT2D eigenvalue weighted by Gasteiger charge is 2.33. The van der Waals surface area contributed by atoms with Gasteiger partial charge in [-0.2, -0.15) is 0 Å². The number of amides is 2. The number of rotatable bonds is 11. The minimum atomic E-state index is -4.19. The molecular weight excluding hydrogens is 545 g/mol. The van der Waals surface area contributed by atoms with Crippen molar-refractivity contribution in [3.05, 3.63) is 94.0 Å². The van der Waals surface area contributed by atoms with Crippen LogP contribution in [0.4, 0.5) is 5.69 Å². The van der Waals surface area contributed by atoms with E-state index in [1.54, 1.807) is 25.1 Å². The minimum absolute atomic E-state index is 0.00474. The maximum atomic E-state index is 14.0. The van der Waals surface area contributed by atoms with Gasteiger partial charge in [-0.1, -0.05) is 72.6 Å². The van der Waals surface area contributed by atoms with Crippen LogP contribution in [-0.2, 0) is 26.2 Å². The normalized spacial score (nSPS) is 12.0. The zero-order valence-electron chi connectivity index (χ0n) is 21.5. The molecule has 0 radical (unpaired) electrons. The quantitative estimate of drug-likeness (QED) is 0.330. The van der Waals surface area contributed by atoms with Crippen LogP contribution in [0, 0.1) is 6.92 Å². The maximum absolute atomic E-state index is 14.0. The van der Waals surface area contributed by atoms with E-state index in [-0.39, 0.29) is 33.1 Å². The highest BCUT2D eigenvalue weighted by molar-refractivity contribution is 7.92. The second-order valence-electron chi connectivity index (χ2n) is 8.72. The Hall–Kier alpha value is -3.07. The summed E-state index contributed by atoms with van der Waals surface area (Å²) < 4.78 is 28.6. The van der Waals surface area contributed by atoms with E-state index in [9.17, 15) is 18.0 Å². The predicted octanol–water partition coefficient (Wildman–Crippen LogP) is 5.44. The molecule has 202 valence electrons. The second-order valence-corrected chi connectivity index (χ2v) is 11.5. The number of anilines is 1. The van der Waals surface area contributed by atoms with Gasteiger partial charge in [0, 0.05) is 23.1 Å². The molecule has 0 aliphatic rings. The monoisotopic (exact) mass is 575 g/mol. The van der Waals surface area contributed by atoms with Gasteiger partial charge in [-0.3, -0.25) is 13.9 Å². The summed E-state index contributed by atoms with van der Waals surface area (Å²) in [7, 11) is -4.19. The molecule has 7 nitrogen and oxygen atoms in total. The smallest absolute Gasteiger partial charge is 0.264 e. The number of benzene rings is 3. The van der Waals surface area contributed by atoms with Crippen molar-refractivity contribution in [1.29, 1.82) is 0 Å². The molecule has 3 aromatic rings. The fourth-order valence-corrected chi connectivity index (χ4v) is 6.05. The van der Waals surface area contributed by atoms with Gasteiger partial charge in [0.1, 0.15) is 12.6 Å². The lowest BCUT2D eigenvalue weighted by Crippen LogP contribution is -2.52. The largest absolute Gasteiger partial charge is 0.355 e. The summed E-state index contributed by atoms with van der Waals surface area (Å²) in [5.41, 5.74) is 1.94. The molecule has 0 bridgehead atoms. The lowest BCUT2D eigenvalue weighted by molar-refractivity contribution is -0.140. The number of nitrogens with zero attached hydrogens (tertiary/aromatic N) is 2. The Morgan fingerprint density at radius 1 is 0.921 bits per heavy atom. The molecule has 1 atom stereocenters. The molecule has 0 aliphatic heterocycles. The van der Waals surface area contributed by atoms with Gasteiger partial charge in [0.05, 0.1) is 10.6 Å². The molecule has 2 amide bonds. The van der Waals surface area contributed by atoms with Crippen molar-refractivity contribution in [2.75, 3.05) is 17.4 Å². The van der Waals surface area contributed by atoms with E-state index in [0.717, 1.165) is 15.4 Å². The van der Waals surface area contributed by atoms with Crippen LogP contribution in [-0.4, -0.2) is 44.3 Å². The van der Waals surface area contributed by atoms with E-state index in [1.807, 2.05) is 38.1 Å². The van der Waals surface area contributed by atoms with Crippen LogP contribution in [0.25, 0.3) is 0 Å². The summed E-state index contributed by atoms with van der Waals surface area (Å²) in [6.45, 7) is 5.51. The lowest BCUT2D eigenvalue weighted by atomic mass is 10.1. The summed E-state index contributed by atoms with van der Waals surface area (Å²) in [4.78, 5) is 28.4. The van der Waals surface area contributed by atoms with Crippen molar-refractivity contribution in [3.8, 4) is 0 Å². The van der Waals surface area contributed by atoms with E-state index >= 15 is 0 Å². The number of hydrogen-bond acceptors (Lipinski definition) is 4. The summed E-state index contributed by atoms with van der Waals surface area (Å²) in [6.07, 6.45) is 0.345. The molecule has 38 heavy (non-hydrogen) atoms. The number of carbonyl (C=O) groups excluding carboxylic acids is 2. The van der Waals surface area contributed by atoms with Crippen molar-refractivity contribution in [2.24, 2.45) is 0 Å². The average Bonchev–Trinajstić information content (AvgIpc) is 2.88. The van der Waals surface area contributed by atoms with Crippen molar-refractivity contribution < 1.29 is 18.0 Å². The Morgan fingerprint density at radius 2 is 1.53 bits per heavy atom. The fourth-order valence-electron chi connectivity index (χ4n) is 4.11. The van der Waals surface area contributed by atoms with Crippen molar-refractivity contribution in [2.45, 2.75) is 44.7 Å². The van der Waals surface area contributed by atoms with Gasteiger partial charge in [-0.15, -0.1) is 0 Å². The van der Waals surface area contributed by atoms with Crippen LogP contribution >= 0.6 is 23.2 Å². The number of likely N-dealkylation sites (N-methyl/N-ethyl adjacent to an activating group) is 1. The van der Waals surface area contributed by atoms with Gasteiger partial charge in [0.25, 0.3) is 10.0 Å². The topological polar surface area (TPSA) is 86.8 Å². The van der Waals surface area contributed by atoms with E-state index in [0.29, 0.717) is 13.0 Å². The van der Waals surface area contributed by atoms with E-state index in [1.165, 1.54) is 35.2 Å². The van der Waals surface area contributed by atoms with E-state index in [4.69, 9.17) is 23.2 Å². The molecule has 0 spiro atoms. The Labute approximate surface area is 234 Å². The standard InChI is InChI=1S/C28H31Cl2N3O4S/c1-4-26(28(35)31-5-2)32(18-21-12-10-9-11-20(21)3)27(34)19-33(24-16-22(29)15-23(30)17-24)38(36,37)25-13-7-6-8-14-25/h6-17,26H,4-5,18-19H2,1-3H3,(H,31,35). The third-order valence-corrected chi connectivity index (χ3v) is 8.31. The number of hydrogen-bond donors (Lipinski definition) is 1. The lowest BCUT2D eigenvalue weighted by Gasteiger charge is -2.33. The number of aryl methyl sites for hydroxylation is 1. The average molecular weight is 577 g/mol. The van der Waals surface area contributed by atoms with Crippen LogP contribution in [0.2, 0.25) is 10.0 Å². The van der Waals surface area contributed by atoms with Crippen LogP contribution in [0.1, 0.15) is 31.4 Å². The Balaban J connectivity index is 2.09. The summed E-state index contributed by atoms with van der Waals surface area (Å²) >= 11 is 12.4. The molecule has 0 fully saturated rings. The first-order valence-electron chi connectivity index (χ1n) is 12.2. The molecule has 3 aromatic carbocycles. The van der Waals surface area contributed by atoms with E-state index < -0.39 is 28.5 Å². The summed E-state index contributed by atoms with van der Waals surface area (Å²) in [6, 6.07) is 18.9. The van der Waals surface area contributed by atoms with Crippen molar-refractivity contribution >= 4 is 50.7 Å². The Morgan fingerprint density at radius 3 is 2.11 bits per heavy atom. The SMILES string of the molecule is CCNC(=O)C(CC)N(Cc1ccccc1C)C(=O)CN(c1cc(Cl)cc(Cl)c1)S(=O)(=O)c1ccccc1. The molecule has 1 N–H and O–H groups in total. The molecular formula is C28H31Cl2N3O4S. The third kappa shape index (κ3) is 7.07. The van der Waals surface area contributed by atoms with Gasteiger partial charge < -0.3 is 10.2 Å². The molecule has 10 heteroatoms. The highest BCUT2D eigenvalue weighted by Crippen LogP contribution is 2.30. The van der Waals surface area contributed by atoms with Gasteiger partial charge in [0.15, 0.2) is 0 Å². The van der Waals surface area contributed by atoms with Gasteiger partial charge in [-0.25, -0.2) is 8.42 Å². The van der Waals surface area contributed by atoms with E-state index in [2.05, 4.69) is 5.32 Å². The molecule has 0 saturated carbocycles. The number of carbonyl (C=O) groups is 2. The maximum Gasteiger partial charge on any atom is 0.264 e. The minimum Gasteiger partial charge on any atom is -0.355 e. The number of halogens is 2. The summed E-state index contributed by atoms with van der Waals surface area (Å²) in [5.74, 6) is -0.845. The Bertz CT molecular complexity index is 1360. The molecule has 3 rings (SSSR count). The number of nitrogens with one attached hydrogen (secondary N) is 1. The molecule has 0 aliphatic carbocycles. The predicted molar refractivity (Wildman–Crippen MR) is 152 cm³/mol. The fraction of sp³-hybridized carbons (Fsp3) is 0.286. The first-order chi connectivity index (χ1) is 18.1.